The van der Waals surface area contributed by atoms with Crippen molar-refractivity contribution in [3.05, 3.63) is 46.4 Å². The molecule has 152 valence electrons. The minimum atomic E-state index is -0.551. The smallest absolute Gasteiger partial charge is 0.344 e. The van der Waals surface area contributed by atoms with E-state index >= 15 is 0 Å². The van der Waals surface area contributed by atoms with E-state index in [-0.39, 0.29) is 23.5 Å². The van der Waals surface area contributed by atoms with Crippen molar-refractivity contribution in [3.63, 3.8) is 0 Å². The lowest BCUT2D eigenvalue weighted by atomic mass is 10.2. The first-order valence-corrected chi connectivity index (χ1v) is 9.70. The van der Waals surface area contributed by atoms with Crippen LogP contribution in [-0.2, 0) is 16.0 Å². The summed E-state index contributed by atoms with van der Waals surface area (Å²) >= 11 is 0. The summed E-state index contributed by atoms with van der Waals surface area (Å²) in [5.74, 6) is -0.305. The molecule has 0 radical (unpaired) electrons. The fourth-order valence-corrected chi connectivity index (χ4v) is 3.57. The van der Waals surface area contributed by atoms with Crippen molar-refractivity contribution in [2.45, 2.75) is 13.5 Å². The topological polar surface area (TPSA) is 103 Å². The molecule has 1 saturated heterocycles. The second kappa shape index (κ2) is 8.14. The summed E-state index contributed by atoms with van der Waals surface area (Å²) in [5.41, 5.74) is 7.26. The van der Waals surface area contributed by atoms with Crippen LogP contribution in [0.1, 0.15) is 17.3 Å². The van der Waals surface area contributed by atoms with Crippen LogP contribution in [0.25, 0.3) is 16.7 Å². The maximum absolute atomic E-state index is 13.1. The molecule has 2 N–H and O–H groups in total. The van der Waals surface area contributed by atoms with Gasteiger partial charge in [-0.3, -0.25) is 14.1 Å². The average molecular weight is 398 g/mol. The van der Waals surface area contributed by atoms with Crippen LogP contribution in [0, 0.1) is 0 Å². The molecule has 9 nitrogen and oxygen atoms in total. The lowest BCUT2D eigenvalue weighted by Gasteiger charge is -2.26. The number of hydrogen-bond donors (Lipinski definition) is 1. The standard InChI is InChI=1S/C20H23N5O4/c1-2-29-20(27)14-13-15-18(22-16-5-3-4-6-24(16)19(15)26)25(17(14)21)8-7-23-9-11-28-12-10-23/h3-6,13,21H,2,7-12H2,1H3/p+1. The van der Waals surface area contributed by atoms with Crippen molar-refractivity contribution in [2.75, 3.05) is 45.2 Å². The van der Waals surface area contributed by atoms with E-state index in [2.05, 4.69) is 9.88 Å². The van der Waals surface area contributed by atoms with Gasteiger partial charge in [0.05, 0.1) is 26.4 Å². The van der Waals surface area contributed by atoms with Gasteiger partial charge >= 0.3 is 5.97 Å². The number of ether oxygens (including phenoxy) is 2. The first-order valence-electron chi connectivity index (χ1n) is 9.70. The molecule has 0 aromatic carbocycles. The molecule has 0 aliphatic carbocycles. The van der Waals surface area contributed by atoms with E-state index in [1.807, 2.05) is 6.07 Å². The van der Waals surface area contributed by atoms with E-state index in [1.165, 1.54) is 10.5 Å². The van der Waals surface area contributed by atoms with Crippen molar-refractivity contribution in [3.8, 4) is 0 Å². The number of pyridine rings is 2. The van der Waals surface area contributed by atoms with E-state index in [0.29, 0.717) is 43.0 Å². The number of nitrogens with two attached hydrogens (primary N) is 1. The van der Waals surface area contributed by atoms with Gasteiger partial charge in [-0.1, -0.05) is 11.1 Å². The molecule has 0 atom stereocenters. The van der Waals surface area contributed by atoms with Crippen LogP contribution in [0.5, 0.6) is 0 Å². The van der Waals surface area contributed by atoms with Gasteiger partial charge in [0.15, 0.2) is 0 Å². The molecule has 0 saturated carbocycles. The van der Waals surface area contributed by atoms with Crippen molar-refractivity contribution in [1.82, 2.24) is 14.3 Å². The molecule has 0 amide bonds. The Bertz CT molecular complexity index is 1120. The number of nitrogens with zero attached hydrogens (tertiary/aromatic N) is 4. The Balaban J connectivity index is 1.88. The number of carbonyl (C=O) groups is 1. The molecule has 0 unspecified atom stereocenters. The van der Waals surface area contributed by atoms with Crippen LogP contribution in [-0.4, -0.2) is 59.7 Å². The first kappa shape index (κ1) is 19.3. The quantitative estimate of drug-likeness (QED) is 0.373. The van der Waals surface area contributed by atoms with Crippen LogP contribution < -0.4 is 15.9 Å². The summed E-state index contributed by atoms with van der Waals surface area (Å²) in [7, 11) is 0. The molecular weight excluding hydrogens is 374 g/mol. The second-order valence-corrected chi connectivity index (χ2v) is 6.85. The number of aromatic nitrogens is 3. The van der Waals surface area contributed by atoms with Crippen LogP contribution in [0.3, 0.4) is 0 Å². The lowest BCUT2D eigenvalue weighted by molar-refractivity contribution is -0.658. The minimum Gasteiger partial charge on any atom is -0.462 e. The Morgan fingerprint density at radius 2 is 2.14 bits per heavy atom. The number of esters is 1. The maximum Gasteiger partial charge on any atom is 0.344 e. The minimum absolute atomic E-state index is 0.177. The lowest BCUT2D eigenvalue weighted by Crippen LogP contribution is -2.48. The third-order valence-electron chi connectivity index (χ3n) is 5.10. The van der Waals surface area contributed by atoms with E-state index in [0.717, 1.165) is 13.1 Å². The molecule has 3 aromatic rings. The predicted octanol–water partition coefficient (Wildman–Crippen LogP) is 0.226. The maximum atomic E-state index is 13.1. The first-order chi connectivity index (χ1) is 14.1. The van der Waals surface area contributed by atoms with Crippen LogP contribution in [0.2, 0.25) is 0 Å². The van der Waals surface area contributed by atoms with Crippen molar-refractivity contribution >= 4 is 28.5 Å². The van der Waals surface area contributed by atoms with E-state index in [4.69, 9.17) is 15.2 Å². The Labute approximate surface area is 167 Å². The van der Waals surface area contributed by atoms with Gasteiger partial charge in [0, 0.05) is 25.8 Å². The second-order valence-electron chi connectivity index (χ2n) is 6.85. The molecule has 1 aliphatic heterocycles. The van der Waals surface area contributed by atoms with Crippen LogP contribution in [0.15, 0.2) is 35.3 Å². The number of fused-ring (bicyclic) bond motifs is 2. The molecule has 29 heavy (non-hydrogen) atoms. The number of nitrogen functional groups attached to an aromatic ring is 1. The largest absolute Gasteiger partial charge is 0.462 e. The van der Waals surface area contributed by atoms with Gasteiger partial charge in [-0.2, -0.15) is 0 Å². The van der Waals surface area contributed by atoms with E-state index in [1.54, 1.807) is 29.8 Å². The van der Waals surface area contributed by atoms with E-state index < -0.39 is 5.97 Å². The Morgan fingerprint density at radius 1 is 1.34 bits per heavy atom. The number of morpholine rings is 1. The summed E-state index contributed by atoms with van der Waals surface area (Å²) in [6.45, 7) is 6.18. The molecular formula is C20H24N5O4+. The third kappa shape index (κ3) is 3.66. The highest BCUT2D eigenvalue weighted by Crippen LogP contribution is 2.16. The molecule has 3 aromatic heterocycles. The number of rotatable bonds is 5. The van der Waals surface area contributed by atoms with Gasteiger partial charge in [0.1, 0.15) is 10.9 Å². The summed E-state index contributed by atoms with van der Waals surface area (Å²) in [5, 5.41) is 0.327. The molecule has 4 heterocycles. The molecule has 9 heteroatoms. The number of anilines is 1. The number of carbonyl (C=O) groups excluding carboxylic acids is 1. The summed E-state index contributed by atoms with van der Waals surface area (Å²) in [4.78, 5) is 32.5. The highest BCUT2D eigenvalue weighted by Gasteiger charge is 2.25. The van der Waals surface area contributed by atoms with Crippen LogP contribution >= 0.6 is 0 Å². The van der Waals surface area contributed by atoms with Gasteiger partial charge in [-0.05, 0) is 25.1 Å². The monoisotopic (exact) mass is 398 g/mol. The van der Waals surface area contributed by atoms with Gasteiger partial charge in [0.2, 0.25) is 11.5 Å². The van der Waals surface area contributed by atoms with Gasteiger partial charge in [-0.25, -0.2) is 9.36 Å². The Morgan fingerprint density at radius 3 is 2.90 bits per heavy atom. The average Bonchev–Trinajstić information content (AvgIpc) is 2.74. The predicted molar refractivity (Wildman–Crippen MR) is 107 cm³/mol. The fraction of sp³-hybridized carbons (Fsp3) is 0.400. The van der Waals surface area contributed by atoms with Gasteiger partial charge in [0.25, 0.3) is 11.2 Å². The molecule has 1 aliphatic rings. The highest BCUT2D eigenvalue weighted by molar-refractivity contribution is 5.96. The zero-order valence-corrected chi connectivity index (χ0v) is 16.3. The van der Waals surface area contributed by atoms with Crippen molar-refractivity contribution in [2.24, 2.45) is 0 Å². The van der Waals surface area contributed by atoms with Gasteiger partial charge < -0.3 is 15.2 Å². The normalized spacial score (nSPS) is 15.1. The Hall–Kier alpha value is -3.04. The zero-order chi connectivity index (χ0) is 20.4. The Kier molecular flexibility index (Phi) is 5.41. The summed E-state index contributed by atoms with van der Waals surface area (Å²) in [6.07, 6.45) is 1.66. The zero-order valence-electron chi connectivity index (χ0n) is 16.3. The summed E-state index contributed by atoms with van der Waals surface area (Å²) < 4.78 is 13.7. The fourth-order valence-electron chi connectivity index (χ4n) is 3.57. The molecule has 4 rings (SSSR count). The SMILES string of the molecule is CCOC(=O)c1cc2c(=O)n3ccccc3nc2[n+](CCN2CCOCC2)c1N. The van der Waals surface area contributed by atoms with Crippen molar-refractivity contribution in [1.29, 1.82) is 0 Å². The molecule has 1 fully saturated rings. The molecule has 0 spiro atoms. The molecule has 0 bridgehead atoms. The summed E-state index contributed by atoms with van der Waals surface area (Å²) in [6, 6.07) is 6.84. The van der Waals surface area contributed by atoms with Crippen molar-refractivity contribution < 1.29 is 18.8 Å². The third-order valence-corrected chi connectivity index (χ3v) is 5.10. The highest BCUT2D eigenvalue weighted by atomic mass is 16.5. The van der Waals surface area contributed by atoms with Gasteiger partial charge in [-0.15, -0.1) is 0 Å². The van der Waals surface area contributed by atoms with E-state index in [9.17, 15) is 9.59 Å². The number of hydrogen-bond acceptors (Lipinski definition) is 7. The van der Waals surface area contributed by atoms with Crippen LogP contribution in [0.4, 0.5) is 5.82 Å².